The number of carboxylic acids is 1. The fourth-order valence-electron chi connectivity index (χ4n) is 2.43. The Morgan fingerprint density at radius 2 is 1.77 bits per heavy atom. The highest BCUT2D eigenvalue weighted by atomic mass is 16.5. The lowest BCUT2D eigenvalue weighted by Crippen LogP contribution is -2.47. The molecule has 0 spiro atoms. The minimum absolute atomic E-state index is 0.173. The first-order chi connectivity index (χ1) is 10.2. The molecule has 22 heavy (non-hydrogen) atoms. The second-order valence-electron chi connectivity index (χ2n) is 6.23. The summed E-state index contributed by atoms with van der Waals surface area (Å²) in [6.07, 6.45) is 5.00. The number of ether oxygens (including phenoxy) is 1. The highest BCUT2D eigenvalue weighted by Gasteiger charge is 2.32. The maximum absolute atomic E-state index is 11.4. The molecular weight excluding hydrogens is 285 g/mol. The number of aliphatic carboxylic acids is 1. The Labute approximate surface area is 133 Å². The molecule has 0 radical (unpaired) electrons. The molecule has 7 heteroatoms. The summed E-state index contributed by atoms with van der Waals surface area (Å²) in [6.45, 7) is 3.15. The van der Waals surface area contributed by atoms with Crippen molar-refractivity contribution >= 4 is 18.9 Å². The monoisotopic (exact) mass is 315 g/mol. The lowest BCUT2D eigenvalue weighted by Gasteiger charge is -2.25. The molecule has 0 bridgehead atoms. The van der Waals surface area contributed by atoms with Crippen LogP contribution in [0.1, 0.15) is 51.9 Å². The van der Waals surface area contributed by atoms with Gasteiger partial charge in [-0.1, -0.05) is 39.4 Å². The summed E-state index contributed by atoms with van der Waals surface area (Å²) in [7, 11) is 1.36. The van der Waals surface area contributed by atoms with Gasteiger partial charge in [0.1, 0.15) is 5.54 Å². The van der Waals surface area contributed by atoms with E-state index in [0.717, 1.165) is 12.8 Å². The standard InChI is InChI=1S/C15H30BNO5/c1-12(13(18)22-3)8-4-5-9-15(17,14(19)20)10-6-7-11-16(2)21/h12,21H,4-11,17H2,1-3H3,(H,19,20)/t12-,15?/m1/s1. The molecule has 0 aliphatic rings. The molecule has 0 heterocycles. The zero-order valence-corrected chi connectivity index (χ0v) is 14.0. The van der Waals surface area contributed by atoms with Gasteiger partial charge in [0.15, 0.2) is 0 Å². The molecule has 2 atom stereocenters. The molecule has 0 rings (SSSR count). The van der Waals surface area contributed by atoms with Crippen LogP contribution in [0.25, 0.3) is 0 Å². The van der Waals surface area contributed by atoms with Crippen LogP contribution in [-0.4, -0.2) is 41.6 Å². The second kappa shape index (κ2) is 10.6. The molecule has 128 valence electrons. The zero-order chi connectivity index (χ0) is 17.2. The van der Waals surface area contributed by atoms with Crippen molar-refractivity contribution in [2.75, 3.05) is 7.11 Å². The zero-order valence-electron chi connectivity index (χ0n) is 14.0. The number of hydrogen-bond acceptors (Lipinski definition) is 5. The van der Waals surface area contributed by atoms with E-state index in [9.17, 15) is 19.7 Å². The first-order valence-electron chi connectivity index (χ1n) is 8.01. The van der Waals surface area contributed by atoms with Crippen LogP contribution in [0.5, 0.6) is 0 Å². The van der Waals surface area contributed by atoms with Crippen molar-refractivity contribution in [2.45, 2.75) is 70.6 Å². The number of esters is 1. The Bertz CT molecular complexity index is 351. The molecule has 4 N–H and O–H groups in total. The molecule has 1 unspecified atom stereocenters. The predicted octanol–water partition coefficient (Wildman–Crippen LogP) is 1.92. The van der Waals surface area contributed by atoms with Gasteiger partial charge in [0.25, 0.3) is 6.92 Å². The van der Waals surface area contributed by atoms with E-state index >= 15 is 0 Å². The Hall–Kier alpha value is -1.08. The van der Waals surface area contributed by atoms with Gasteiger partial charge >= 0.3 is 11.9 Å². The van der Waals surface area contributed by atoms with Crippen molar-refractivity contribution in [3.63, 3.8) is 0 Å². The van der Waals surface area contributed by atoms with Gasteiger partial charge in [-0.25, -0.2) is 0 Å². The van der Waals surface area contributed by atoms with Crippen LogP contribution in [0.3, 0.4) is 0 Å². The molecule has 6 nitrogen and oxygen atoms in total. The van der Waals surface area contributed by atoms with E-state index < -0.39 is 11.5 Å². The van der Waals surface area contributed by atoms with Crippen molar-refractivity contribution in [1.29, 1.82) is 0 Å². The van der Waals surface area contributed by atoms with Gasteiger partial charge in [0, 0.05) is 0 Å². The van der Waals surface area contributed by atoms with Gasteiger partial charge in [0.2, 0.25) is 0 Å². The number of carbonyl (C=O) groups excluding carboxylic acids is 1. The van der Waals surface area contributed by atoms with Crippen LogP contribution in [0.15, 0.2) is 0 Å². The lowest BCUT2D eigenvalue weighted by molar-refractivity contribution is -0.146. The van der Waals surface area contributed by atoms with Gasteiger partial charge in [-0.2, -0.15) is 0 Å². The molecule has 0 aromatic rings. The summed E-state index contributed by atoms with van der Waals surface area (Å²) >= 11 is 0. The molecule has 0 aliphatic carbocycles. The summed E-state index contributed by atoms with van der Waals surface area (Å²) in [5, 5.41) is 18.5. The number of hydrogen-bond donors (Lipinski definition) is 3. The Morgan fingerprint density at radius 1 is 1.23 bits per heavy atom. The fraction of sp³-hybridized carbons (Fsp3) is 0.867. The van der Waals surface area contributed by atoms with Crippen LogP contribution < -0.4 is 5.73 Å². The summed E-state index contributed by atoms with van der Waals surface area (Å²) in [5.41, 5.74) is 4.79. The third-order valence-electron chi connectivity index (χ3n) is 4.03. The Balaban J connectivity index is 4.12. The normalized spacial score (nSPS) is 15.0. The summed E-state index contributed by atoms with van der Waals surface area (Å²) in [6, 6.07) is 0. The molecular formula is C15H30BNO5. The molecule has 0 aromatic heterocycles. The maximum Gasteiger partial charge on any atom is 0.323 e. The highest BCUT2D eigenvalue weighted by molar-refractivity contribution is 6.48. The predicted molar refractivity (Wildman–Crippen MR) is 86.7 cm³/mol. The van der Waals surface area contributed by atoms with E-state index in [0.29, 0.717) is 38.4 Å². The molecule has 0 fully saturated rings. The van der Waals surface area contributed by atoms with E-state index in [1.807, 2.05) is 0 Å². The van der Waals surface area contributed by atoms with Gasteiger partial charge in [0.05, 0.1) is 13.0 Å². The lowest BCUT2D eigenvalue weighted by atomic mass is 9.66. The first kappa shape index (κ1) is 20.9. The highest BCUT2D eigenvalue weighted by Crippen LogP contribution is 2.22. The summed E-state index contributed by atoms with van der Waals surface area (Å²) in [5.74, 6) is -1.39. The van der Waals surface area contributed by atoms with E-state index in [1.54, 1.807) is 13.7 Å². The number of unbranched alkanes of at least 4 members (excludes halogenated alkanes) is 2. The number of rotatable bonds is 12. The minimum Gasteiger partial charge on any atom is -0.480 e. The molecule has 0 amide bonds. The fourth-order valence-corrected chi connectivity index (χ4v) is 2.43. The van der Waals surface area contributed by atoms with Crippen molar-refractivity contribution in [2.24, 2.45) is 11.7 Å². The van der Waals surface area contributed by atoms with Gasteiger partial charge in [-0.3, -0.25) is 9.59 Å². The molecule has 0 aliphatic heterocycles. The van der Waals surface area contributed by atoms with Crippen LogP contribution in [0.4, 0.5) is 0 Å². The van der Waals surface area contributed by atoms with Crippen molar-refractivity contribution in [1.82, 2.24) is 0 Å². The van der Waals surface area contributed by atoms with E-state index in [4.69, 9.17) is 5.73 Å². The Kier molecular flexibility index (Phi) is 10.1. The van der Waals surface area contributed by atoms with Crippen molar-refractivity contribution in [3.8, 4) is 0 Å². The van der Waals surface area contributed by atoms with Crippen molar-refractivity contribution < 1.29 is 24.5 Å². The minimum atomic E-state index is -1.22. The van der Waals surface area contributed by atoms with E-state index in [1.165, 1.54) is 7.11 Å². The average Bonchev–Trinajstić information content (AvgIpc) is 2.46. The summed E-state index contributed by atoms with van der Waals surface area (Å²) < 4.78 is 4.65. The maximum atomic E-state index is 11.4. The average molecular weight is 315 g/mol. The second-order valence-corrected chi connectivity index (χ2v) is 6.23. The third kappa shape index (κ3) is 8.39. The van der Waals surface area contributed by atoms with E-state index in [-0.39, 0.29) is 18.8 Å². The number of carbonyl (C=O) groups is 2. The van der Waals surface area contributed by atoms with Gasteiger partial charge in [-0.05, 0) is 25.6 Å². The van der Waals surface area contributed by atoms with Crippen LogP contribution in [0, 0.1) is 5.92 Å². The molecule has 0 aromatic carbocycles. The smallest absolute Gasteiger partial charge is 0.323 e. The topological polar surface area (TPSA) is 110 Å². The molecule has 0 saturated heterocycles. The number of methoxy groups -OCH3 is 1. The third-order valence-corrected chi connectivity index (χ3v) is 4.03. The molecule has 0 saturated carbocycles. The number of carboxylic acid groups (broad SMARTS) is 1. The van der Waals surface area contributed by atoms with Crippen molar-refractivity contribution in [3.05, 3.63) is 0 Å². The SMILES string of the molecule is COC(=O)[C@H](C)CCCCC(N)(CCCCB(C)O)C(=O)O. The van der Waals surface area contributed by atoms with Gasteiger partial charge in [-0.15, -0.1) is 0 Å². The van der Waals surface area contributed by atoms with Crippen LogP contribution in [-0.2, 0) is 14.3 Å². The van der Waals surface area contributed by atoms with Crippen LogP contribution >= 0.6 is 0 Å². The largest absolute Gasteiger partial charge is 0.480 e. The summed E-state index contributed by atoms with van der Waals surface area (Å²) in [4.78, 5) is 22.7. The Morgan fingerprint density at radius 3 is 2.23 bits per heavy atom. The van der Waals surface area contributed by atoms with E-state index in [2.05, 4.69) is 4.74 Å². The van der Waals surface area contributed by atoms with Gasteiger partial charge < -0.3 is 20.6 Å². The first-order valence-corrected chi connectivity index (χ1v) is 8.01. The van der Waals surface area contributed by atoms with Crippen LogP contribution in [0.2, 0.25) is 13.1 Å². The quantitative estimate of drug-likeness (QED) is 0.288. The number of nitrogens with two attached hydrogens (primary N) is 1.